The lowest BCUT2D eigenvalue weighted by atomic mass is 10.0. The highest BCUT2D eigenvalue weighted by Crippen LogP contribution is 2.35. The molecule has 1 N–H and O–H groups in total. The molecule has 1 aromatic heterocycles. The van der Waals surface area contributed by atoms with Gasteiger partial charge in [0.25, 0.3) is 0 Å². The summed E-state index contributed by atoms with van der Waals surface area (Å²) >= 11 is 1.34. The molecule has 2 unspecified atom stereocenters. The highest BCUT2D eigenvalue weighted by Gasteiger charge is 2.35. The summed E-state index contributed by atoms with van der Waals surface area (Å²) in [4.78, 5) is 16.8. The van der Waals surface area contributed by atoms with Crippen LogP contribution < -0.4 is 9.47 Å². The number of nitrogens with zero attached hydrogens (tertiary/aromatic N) is 1. The van der Waals surface area contributed by atoms with Crippen LogP contribution in [0.1, 0.15) is 55.7 Å². The van der Waals surface area contributed by atoms with Crippen molar-refractivity contribution in [2.75, 3.05) is 0 Å². The average Bonchev–Trinajstić information content (AvgIpc) is 3.26. The predicted octanol–water partition coefficient (Wildman–Crippen LogP) is 7.30. The van der Waals surface area contributed by atoms with Crippen molar-refractivity contribution >= 4 is 17.3 Å². The number of thiazole rings is 1. The Morgan fingerprint density at radius 2 is 1.85 bits per heavy atom. The van der Waals surface area contributed by atoms with Crippen molar-refractivity contribution in [2.45, 2.75) is 58.4 Å². The van der Waals surface area contributed by atoms with Crippen LogP contribution in [0.15, 0.2) is 48.7 Å². The second-order valence-electron chi connectivity index (χ2n) is 8.22. The van der Waals surface area contributed by atoms with Gasteiger partial charge in [-0.25, -0.2) is 9.78 Å². The third-order valence-corrected chi connectivity index (χ3v) is 6.56. The van der Waals surface area contributed by atoms with Crippen LogP contribution in [-0.4, -0.2) is 21.7 Å². The molecule has 0 saturated heterocycles. The van der Waals surface area contributed by atoms with Crippen LogP contribution in [0, 0.1) is 6.92 Å². The largest absolute Gasteiger partial charge is 0.485 e. The number of aromatic nitrogens is 1. The number of hydrogen-bond acceptors (Lipinski definition) is 5. The summed E-state index contributed by atoms with van der Waals surface area (Å²) in [6.45, 7) is 7.13. The molecule has 1 heterocycles. The number of aryl methyl sites for hydroxylation is 1. The normalized spacial score (nSPS) is 14.3. The predicted molar refractivity (Wildman–Crippen MR) is 124 cm³/mol. The minimum Gasteiger partial charge on any atom is -0.485 e. The van der Waals surface area contributed by atoms with Gasteiger partial charge in [-0.2, -0.15) is 13.2 Å². The van der Waals surface area contributed by atoms with Gasteiger partial charge in [0, 0.05) is 11.8 Å². The Kier molecular flexibility index (Phi) is 7.55. The van der Waals surface area contributed by atoms with E-state index in [-0.39, 0.29) is 6.10 Å². The van der Waals surface area contributed by atoms with Gasteiger partial charge in [0.05, 0.1) is 10.4 Å². The monoisotopic (exact) mass is 493 g/mol. The zero-order chi connectivity index (χ0) is 25.1. The minimum atomic E-state index is -4.38. The molecule has 0 spiro atoms. The molecular formula is C25H26F3NO4S. The maximum Gasteiger partial charge on any atom is 0.416 e. The number of carboxylic acids is 1. The van der Waals surface area contributed by atoms with Gasteiger partial charge in [-0.3, -0.25) is 0 Å². The molecule has 0 radical (unpaired) electrons. The van der Waals surface area contributed by atoms with Crippen LogP contribution in [-0.2, 0) is 11.0 Å². The molecule has 0 saturated carbocycles. The molecule has 2 aromatic carbocycles. The van der Waals surface area contributed by atoms with Crippen LogP contribution in [0.2, 0.25) is 0 Å². The number of rotatable bonds is 9. The fourth-order valence-electron chi connectivity index (χ4n) is 3.40. The number of benzene rings is 2. The second-order valence-corrected chi connectivity index (χ2v) is 9.28. The molecule has 0 fully saturated rings. The lowest BCUT2D eigenvalue weighted by Gasteiger charge is -2.27. The highest BCUT2D eigenvalue weighted by atomic mass is 32.1. The number of hydrogen-bond donors (Lipinski definition) is 1. The summed E-state index contributed by atoms with van der Waals surface area (Å²) in [6, 6.07) is 10.1. The van der Waals surface area contributed by atoms with Crippen LogP contribution in [0.5, 0.6) is 11.5 Å². The summed E-state index contributed by atoms with van der Waals surface area (Å²) in [5, 5.41) is 10.1. The third-order valence-electron chi connectivity index (χ3n) is 5.36. The first-order valence-corrected chi connectivity index (χ1v) is 11.6. The van der Waals surface area contributed by atoms with Gasteiger partial charge in [-0.15, -0.1) is 11.3 Å². The molecule has 3 rings (SSSR count). The maximum atomic E-state index is 12.8. The Balaban J connectivity index is 1.70. The molecule has 5 nitrogen and oxygen atoms in total. The zero-order valence-corrected chi connectivity index (χ0v) is 20.1. The van der Waals surface area contributed by atoms with E-state index < -0.39 is 23.3 Å². The average molecular weight is 494 g/mol. The SMILES string of the molecule is CCCC(C)(Oc1ccc(OC(C)c2cnc(-c3ccc(C(F)(F)F)cc3)s2)cc1C)C(=O)O. The molecule has 0 aliphatic heterocycles. The van der Waals surface area contributed by atoms with Crippen LogP contribution in [0.3, 0.4) is 0 Å². The zero-order valence-electron chi connectivity index (χ0n) is 19.3. The van der Waals surface area contributed by atoms with E-state index in [1.54, 1.807) is 31.3 Å². The van der Waals surface area contributed by atoms with E-state index in [0.29, 0.717) is 34.9 Å². The first-order chi connectivity index (χ1) is 15.9. The fourth-order valence-corrected chi connectivity index (χ4v) is 4.31. The topological polar surface area (TPSA) is 68.7 Å². The third kappa shape index (κ3) is 5.88. The van der Waals surface area contributed by atoms with Gasteiger partial charge < -0.3 is 14.6 Å². The number of carbonyl (C=O) groups is 1. The summed E-state index contributed by atoms with van der Waals surface area (Å²) < 4.78 is 50.2. The molecule has 2 atom stereocenters. The van der Waals surface area contributed by atoms with Crippen molar-refractivity contribution in [3.63, 3.8) is 0 Å². The lowest BCUT2D eigenvalue weighted by molar-refractivity contribution is -0.154. The minimum absolute atomic E-state index is 0.351. The van der Waals surface area contributed by atoms with E-state index in [4.69, 9.17) is 9.47 Å². The molecule has 0 aliphatic rings. The molecular weight excluding hydrogens is 467 g/mol. The van der Waals surface area contributed by atoms with Crippen molar-refractivity contribution in [1.82, 2.24) is 4.98 Å². The van der Waals surface area contributed by atoms with Gasteiger partial charge in [-0.05, 0) is 63.1 Å². The number of alkyl halides is 3. The first-order valence-electron chi connectivity index (χ1n) is 10.8. The Bertz CT molecular complexity index is 1140. The molecule has 182 valence electrons. The highest BCUT2D eigenvalue weighted by molar-refractivity contribution is 7.15. The van der Waals surface area contributed by atoms with E-state index in [9.17, 15) is 23.1 Å². The molecule has 9 heteroatoms. The molecule has 34 heavy (non-hydrogen) atoms. The number of aliphatic carboxylic acids is 1. The van der Waals surface area contributed by atoms with E-state index in [1.807, 2.05) is 20.8 Å². The maximum absolute atomic E-state index is 12.8. The standard InChI is InChI=1S/C25H26F3NO4S/c1-5-12-24(4,23(30)31)33-20-11-10-19(13-15(20)2)32-16(3)21-14-29-22(34-21)17-6-8-18(9-7-17)25(26,27)28/h6-11,13-14,16H,5,12H2,1-4H3,(H,30,31). The fraction of sp³-hybridized carbons (Fsp3) is 0.360. The van der Waals surface area contributed by atoms with Gasteiger partial charge >= 0.3 is 12.1 Å². The summed E-state index contributed by atoms with van der Waals surface area (Å²) in [7, 11) is 0. The molecule has 0 amide bonds. The van der Waals surface area contributed by atoms with Crippen molar-refractivity contribution in [2.24, 2.45) is 0 Å². The van der Waals surface area contributed by atoms with Crippen LogP contribution in [0.4, 0.5) is 13.2 Å². The van der Waals surface area contributed by atoms with Crippen molar-refractivity contribution in [3.8, 4) is 22.1 Å². The van der Waals surface area contributed by atoms with Crippen LogP contribution >= 0.6 is 11.3 Å². The quantitative estimate of drug-likeness (QED) is 0.339. The molecule has 0 bridgehead atoms. The van der Waals surface area contributed by atoms with Crippen molar-refractivity contribution in [3.05, 3.63) is 64.7 Å². The van der Waals surface area contributed by atoms with E-state index in [0.717, 1.165) is 22.6 Å². The Hall–Kier alpha value is -3.07. The number of halogens is 3. The van der Waals surface area contributed by atoms with E-state index >= 15 is 0 Å². The number of carboxylic acid groups (broad SMARTS) is 1. The summed E-state index contributed by atoms with van der Waals surface area (Å²) in [5.41, 5.74) is -0.678. The molecule has 3 aromatic rings. The van der Waals surface area contributed by atoms with Gasteiger partial charge in [0.1, 0.15) is 22.6 Å². The van der Waals surface area contributed by atoms with E-state index in [2.05, 4.69) is 4.98 Å². The summed E-state index contributed by atoms with van der Waals surface area (Å²) in [5.74, 6) is 0.0341. The van der Waals surface area contributed by atoms with Crippen LogP contribution in [0.25, 0.3) is 10.6 Å². The first kappa shape index (κ1) is 25.6. The summed E-state index contributed by atoms with van der Waals surface area (Å²) in [6.07, 6.45) is -2.03. The van der Waals surface area contributed by atoms with Gasteiger partial charge in [0.15, 0.2) is 0 Å². The Labute approximate surface area is 200 Å². The number of ether oxygens (including phenoxy) is 2. The van der Waals surface area contributed by atoms with E-state index in [1.165, 1.54) is 23.5 Å². The molecule has 0 aliphatic carbocycles. The smallest absolute Gasteiger partial charge is 0.416 e. The Morgan fingerprint density at radius 1 is 1.18 bits per heavy atom. The van der Waals surface area contributed by atoms with Crippen molar-refractivity contribution < 1.29 is 32.5 Å². The van der Waals surface area contributed by atoms with Gasteiger partial charge in [0.2, 0.25) is 5.60 Å². The second kappa shape index (κ2) is 10.0. The van der Waals surface area contributed by atoms with Crippen molar-refractivity contribution in [1.29, 1.82) is 0 Å². The Morgan fingerprint density at radius 3 is 2.41 bits per heavy atom. The van der Waals surface area contributed by atoms with Gasteiger partial charge in [-0.1, -0.05) is 25.5 Å². The lowest BCUT2D eigenvalue weighted by Crippen LogP contribution is -2.41.